The maximum absolute atomic E-state index is 13.9. The standard InChI is InChI=1S/C19H22ClFN4O2S2.ClH/c20-16-5-6-17(28-16)29(26,27)25-11-7-19(8-12-25)18(22-9-10-24-19)23-13-14-3-1-2-4-15(14)21;/h1-6,24H,7-13H2,(H,22,23);1H. The Labute approximate surface area is 191 Å². The van der Waals surface area contributed by atoms with Crippen LogP contribution in [0.3, 0.4) is 0 Å². The van der Waals surface area contributed by atoms with Gasteiger partial charge in [-0.2, -0.15) is 4.31 Å². The molecule has 0 aliphatic carbocycles. The average molecular weight is 493 g/mol. The molecule has 164 valence electrons. The van der Waals surface area contributed by atoms with Crippen molar-refractivity contribution in [2.45, 2.75) is 29.1 Å². The number of nitrogens with one attached hydrogen (secondary N) is 2. The summed E-state index contributed by atoms with van der Waals surface area (Å²) in [5.41, 5.74) is 0.160. The predicted octanol–water partition coefficient (Wildman–Crippen LogP) is 3.28. The molecular weight excluding hydrogens is 470 g/mol. The molecule has 0 unspecified atom stereocenters. The monoisotopic (exact) mass is 492 g/mol. The van der Waals surface area contributed by atoms with Gasteiger partial charge < -0.3 is 10.6 Å². The number of benzene rings is 1. The molecule has 2 aliphatic heterocycles. The van der Waals surface area contributed by atoms with Crippen molar-refractivity contribution >= 4 is 51.2 Å². The zero-order chi connectivity index (χ0) is 20.5. The Morgan fingerprint density at radius 3 is 2.63 bits per heavy atom. The first-order valence-electron chi connectivity index (χ1n) is 9.43. The van der Waals surface area contributed by atoms with Crippen molar-refractivity contribution in [3.63, 3.8) is 0 Å². The summed E-state index contributed by atoms with van der Waals surface area (Å²) in [7, 11) is -3.55. The Bertz CT molecular complexity index is 1020. The van der Waals surface area contributed by atoms with E-state index in [9.17, 15) is 12.8 Å². The number of hydrogen-bond donors (Lipinski definition) is 2. The Morgan fingerprint density at radius 1 is 1.23 bits per heavy atom. The second-order valence-corrected chi connectivity index (χ2v) is 11.0. The van der Waals surface area contributed by atoms with E-state index >= 15 is 0 Å². The van der Waals surface area contributed by atoms with Crippen LogP contribution in [-0.2, 0) is 16.6 Å². The predicted molar refractivity (Wildman–Crippen MR) is 121 cm³/mol. The average Bonchev–Trinajstić information content (AvgIpc) is 3.16. The molecule has 3 heterocycles. The van der Waals surface area contributed by atoms with Gasteiger partial charge in [0, 0.05) is 31.7 Å². The lowest BCUT2D eigenvalue weighted by molar-refractivity contribution is 0.241. The molecule has 0 bridgehead atoms. The first kappa shape index (κ1) is 23.4. The molecule has 0 amide bonds. The number of rotatable bonds is 4. The van der Waals surface area contributed by atoms with E-state index in [4.69, 9.17) is 11.6 Å². The van der Waals surface area contributed by atoms with Crippen LogP contribution in [0.15, 0.2) is 45.6 Å². The van der Waals surface area contributed by atoms with Crippen molar-refractivity contribution in [3.05, 3.63) is 52.1 Å². The van der Waals surface area contributed by atoms with Gasteiger partial charge in [-0.25, -0.2) is 12.8 Å². The highest BCUT2D eigenvalue weighted by atomic mass is 35.5. The summed E-state index contributed by atoms with van der Waals surface area (Å²) in [5, 5.41) is 6.82. The molecule has 0 radical (unpaired) electrons. The Balaban J connectivity index is 0.00000256. The van der Waals surface area contributed by atoms with Crippen LogP contribution < -0.4 is 10.6 Å². The fourth-order valence-electron chi connectivity index (χ4n) is 3.83. The van der Waals surface area contributed by atoms with Gasteiger partial charge in [-0.15, -0.1) is 23.7 Å². The van der Waals surface area contributed by atoms with Crippen LogP contribution in [0.2, 0.25) is 4.34 Å². The maximum Gasteiger partial charge on any atom is 0.252 e. The van der Waals surface area contributed by atoms with Gasteiger partial charge in [0.1, 0.15) is 15.9 Å². The van der Waals surface area contributed by atoms with Crippen molar-refractivity contribution in [2.75, 3.05) is 26.2 Å². The smallest absolute Gasteiger partial charge is 0.252 e. The van der Waals surface area contributed by atoms with E-state index in [0.717, 1.165) is 23.7 Å². The van der Waals surface area contributed by atoms with Crippen LogP contribution in [0.1, 0.15) is 18.4 Å². The summed E-state index contributed by atoms with van der Waals surface area (Å²) in [6.45, 7) is 2.47. The molecule has 6 nitrogen and oxygen atoms in total. The highest BCUT2D eigenvalue weighted by molar-refractivity contribution is 7.91. The van der Waals surface area contributed by atoms with Gasteiger partial charge in [0.15, 0.2) is 0 Å². The molecule has 11 heteroatoms. The topological polar surface area (TPSA) is 73.8 Å². The van der Waals surface area contributed by atoms with Crippen molar-refractivity contribution < 1.29 is 12.8 Å². The first-order chi connectivity index (χ1) is 13.9. The lowest BCUT2D eigenvalue weighted by Crippen LogP contribution is -2.64. The minimum atomic E-state index is -3.55. The summed E-state index contributed by atoms with van der Waals surface area (Å²) in [5.74, 6) is 0.525. The van der Waals surface area contributed by atoms with Gasteiger partial charge in [0.25, 0.3) is 10.0 Å². The fourth-order valence-corrected chi connectivity index (χ4v) is 6.91. The van der Waals surface area contributed by atoms with Crippen LogP contribution >= 0.6 is 35.3 Å². The van der Waals surface area contributed by atoms with Crippen LogP contribution in [0, 0.1) is 5.82 Å². The molecule has 1 saturated heterocycles. The van der Waals surface area contributed by atoms with E-state index in [0.29, 0.717) is 48.9 Å². The van der Waals surface area contributed by atoms with E-state index < -0.39 is 15.6 Å². The summed E-state index contributed by atoms with van der Waals surface area (Å²) in [6.07, 6.45) is 1.18. The molecule has 1 aromatic heterocycles. The number of amidine groups is 1. The zero-order valence-electron chi connectivity index (χ0n) is 16.1. The molecule has 1 aromatic carbocycles. The highest BCUT2D eigenvalue weighted by Crippen LogP contribution is 2.32. The third-order valence-electron chi connectivity index (χ3n) is 5.42. The van der Waals surface area contributed by atoms with E-state index in [1.165, 1.54) is 10.4 Å². The fraction of sp³-hybridized carbons (Fsp3) is 0.421. The molecule has 30 heavy (non-hydrogen) atoms. The molecule has 2 aliphatic rings. The number of halogens is 3. The molecule has 0 atom stereocenters. The van der Waals surface area contributed by atoms with Crippen molar-refractivity contribution in [2.24, 2.45) is 4.99 Å². The van der Waals surface area contributed by atoms with Crippen molar-refractivity contribution in [3.8, 4) is 0 Å². The first-order valence-corrected chi connectivity index (χ1v) is 12.1. The van der Waals surface area contributed by atoms with E-state index in [1.807, 2.05) is 0 Å². The van der Waals surface area contributed by atoms with E-state index in [-0.39, 0.29) is 22.4 Å². The van der Waals surface area contributed by atoms with Gasteiger partial charge >= 0.3 is 0 Å². The highest BCUT2D eigenvalue weighted by Gasteiger charge is 2.43. The van der Waals surface area contributed by atoms with Gasteiger partial charge in [-0.05, 0) is 31.0 Å². The molecule has 0 saturated carbocycles. The van der Waals surface area contributed by atoms with Crippen LogP contribution in [0.5, 0.6) is 0 Å². The molecular formula is C19H23Cl2FN4O2S2. The van der Waals surface area contributed by atoms with Gasteiger partial charge in [-0.1, -0.05) is 29.8 Å². The number of hydrogen-bond acceptors (Lipinski definition) is 6. The zero-order valence-corrected chi connectivity index (χ0v) is 19.3. The van der Waals surface area contributed by atoms with Crippen molar-refractivity contribution in [1.29, 1.82) is 0 Å². The normalized spacial score (nSPS) is 19.2. The molecule has 2 aromatic rings. The largest absolute Gasteiger partial charge is 0.368 e. The second-order valence-electron chi connectivity index (χ2n) is 7.15. The molecule has 1 spiro atoms. The Kier molecular flexibility index (Phi) is 7.42. The number of sulfonamides is 1. The Morgan fingerprint density at radius 2 is 1.97 bits per heavy atom. The quantitative estimate of drug-likeness (QED) is 0.686. The van der Waals surface area contributed by atoms with Gasteiger partial charge in [0.05, 0.1) is 16.4 Å². The van der Waals surface area contributed by atoms with Crippen LogP contribution in [0.25, 0.3) is 0 Å². The summed E-state index contributed by atoms with van der Waals surface area (Å²) in [6, 6.07) is 9.80. The lowest BCUT2D eigenvalue weighted by atomic mass is 9.85. The third kappa shape index (κ3) is 4.66. The summed E-state index contributed by atoms with van der Waals surface area (Å²) in [4.78, 5) is 4.64. The Hall–Kier alpha value is -1.23. The third-order valence-corrected chi connectivity index (χ3v) is 9.02. The lowest BCUT2D eigenvalue weighted by Gasteiger charge is -2.44. The second kappa shape index (κ2) is 9.50. The number of aliphatic imine (C=N–C) groups is 1. The maximum atomic E-state index is 13.9. The van der Waals surface area contributed by atoms with Gasteiger partial charge in [0.2, 0.25) is 0 Å². The SMILES string of the molecule is Cl.O=S(=O)(c1ccc(Cl)s1)N1CCC2(CC1)NCCN=C2NCc1ccccc1F. The molecule has 2 N–H and O–H groups in total. The number of thiophene rings is 1. The summed E-state index contributed by atoms with van der Waals surface area (Å²) >= 11 is 6.98. The molecule has 1 fully saturated rings. The van der Waals surface area contributed by atoms with Crippen LogP contribution in [-0.4, -0.2) is 50.3 Å². The minimum absolute atomic E-state index is 0. The summed E-state index contributed by atoms with van der Waals surface area (Å²) < 4.78 is 41.9. The van der Waals surface area contributed by atoms with Crippen LogP contribution in [0.4, 0.5) is 4.39 Å². The van der Waals surface area contributed by atoms with E-state index in [2.05, 4.69) is 15.6 Å². The number of piperidine rings is 1. The van der Waals surface area contributed by atoms with Crippen molar-refractivity contribution in [1.82, 2.24) is 14.9 Å². The molecule has 4 rings (SSSR count). The van der Waals surface area contributed by atoms with Gasteiger partial charge in [-0.3, -0.25) is 4.99 Å². The van der Waals surface area contributed by atoms with E-state index in [1.54, 1.807) is 30.3 Å². The minimum Gasteiger partial charge on any atom is -0.368 e. The number of nitrogens with zero attached hydrogens (tertiary/aromatic N) is 2.